The molecule has 0 spiro atoms. The van der Waals surface area contributed by atoms with Crippen LogP contribution in [-0.4, -0.2) is 34.6 Å². The van der Waals surface area contributed by atoms with Gasteiger partial charge in [-0.2, -0.15) is 0 Å². The van der Waals surface area contributed by atoms with Crippen molar-refractivity contribution in [3.63, 3.8) is 0 Å². The second-order valence-corrected chi connectivity index (χ2v) is 6.07. The maximum atomic E-state index is 11.6. The number of likely N-dealkylation sites (tertiary alicyclic amines) is 1. The number of carboxylic acid groups (broad SMARTS) is 1. The summed E-state index contributed by atoms with van der Waals surface area (Å²) in [5, 5.41) is 13.0. The molecule has 23 heavy (non-hydrogen) atoms. The molecule has 2 aromatic carbocycles. The van der Waals surface area contributed by atoms with Gasteiger partial charge in [0.1, 0.15) is 6.04 Å². The van der Waals surface area contributed by atoms with Crippen molar-refractivity contribution in [3.8, 4) is 0 Å². The Balaban J connectivity index is 1.60. The van der Waals surface area contributed by atoms with E-state index in [1.54, 1.807) is 0 Å². The van der Waals surface area contributed by atoms with Gasteiger partial charge in [-0.05, 0) is 17.5 Å². The summed E-state index contributed by atoms with van der Waals surface area (Å²) in [4.78, 5) is 13.6. The average Bonchev–Trinajstić information content (AvgIpc) is 2.98. The summed E-state index contributed by atoms with van der Waals surface area (Å²) in [5.41, 5.74) is 2.38. The predicted molar refractivity (Wildman–Crippen MR) is 90.0 cm³/mol. The number of rotatable bonds is 6. The van der Waals surface area contributed by atoms with E-state index in [9.17, 15) is 9.90 Å². The van der Waals surface area contributed by atoms with Gasteiger partial charge in [-0.1, -0.05) is 60.7 Å². The molecule has 4 heteroatoms. The van der Waals surface area contributed by atoms with E-state index in [4.69, 9.17) is 0 Å². The average molecular weight is 310 g/mol. The van der Waals surface area contributed by atoms with Gasteiger partial charge in [0.05, 0.1) is 0 Å². The largest absolute Gasteiger partial charge is 0.480 e. The quantitative estimate of drug-likeness (QED) is 0.861. The molecule has 1 fully saturated rings. The standard InChI is InChI=1S/C19H22N2O2/c22-19(23)18-11-17(20-12-15-7-3-1-4-8-15)14-21(18)13-16-9-5-2-6-10-16/h1-10,17-18,20H,11-14H2,(H,22,23). The van der Waals surface area contributed by atoms with E-state index in [0.717, 1.165) is 18.7 Å². The molecule has 1 heterocycles. The van der Waals surface area contributed by atoms with E-state index in [0.29, 0.717) is 13.0 Å². The van der Waals surface area contributed by atoms with Crippen LogP contribution in [0.3, 0.4) is 0 Å². The lowest BCUT2D eigenvalue weighted by Crippen LogP contribution is -2.35. The predicted octanol–water partition coefficient (Wildman–Crippen LogP) is 2.50. The van der Waals surface area contributed by atoms with Gasteiger partial charge in [0.25, 0.3) is 0 Å². The number of hydrogen-bond acceptors (Lipinski definition) is 3. The Bertz CT molecular complexity index is 630. The molecule has 2 N–H and O–H groups in total. The smallest absolute Gasteiger partial charge is 0.320 e. The second-order valence-electron chi connectivity index (χ2n) is 6.07. The third kappa shape index (κ3) is 4.18. The van der Waals surface area contributed by atoms with Crippen molar-refractivity contribution in [2.24, 2.45) is 0 Å². The molecule has 2 atom stereocenters. The zero-order chi connectivity index (χ0) is 16.1. The lowest BCUT2D eigenvalue weighted by Gasteiger charge is -2.21. The van der Waals surface area contributed by atoms with Crippen LogP contribution in [0.15, 0.2) is 60.7 Å². The topological polar surface area (TPSA) is 52.6 Å². The molecule has 0 radical (unpaired) electrons. The van der Waals surface area contributed by atoms with Gasteiger partial charge in [-0.15, -0.1) is 0 Å². The van der Waals surface area contributed by atoms with E-state index in [2.05, 4.69) is 22.3 Å². The summed E-state index contributed by atoms with van der Waals surface area (Å²) in [6.07, 6.45) is 0.648. The van der Waals surface area contributed by atoms with Crippen LogP contribution < -0.4 is 5.32 Å². The zero-order valence-corrected chi connectivity index (χ0v) is 13.1. The van der Waals surface area contributed by atoms with Crippen LogP contribution in [0.4, 0.5) is 0 Å². The first-order valence-corrected chi connectivity index (χ1v) is 8.00. The van der Waals surface area contributed by atoms with Crippen LogP contribution in [0.25, 0.3) is 0 Å². The summed E-state index contributed by atoms with van der Waals surface area (Å²) in [5.74, 6) is -0.732. The minimum Gasteiger partial charge on any atom is -0.480 e. The molecule has 4 nitrogen and oxygen atoms in total. The fourth-order valence-electron chi connectivity index (χ4n) is 3.16. The highest BCUT2D eigenvalue weighted by atomic mass is 16.4. The van der Waals surface area contributed by atoms with Crippen LogP contribution in [-0.2, 0) is 17.9 Å². The number of nitrogens with zero attached hydrogens (tertiary/aromatic N) is 1. The van der Waals surface area contributed by atoms with E-state index in [1.165, 1.54) is 5.56 Å². The first kappa shape index (κ1) is 15.7. The minimum absolute atomic E-state index is 0.208. The molecule has 120 valence electrons. The van der Waals surface area contributed by atoms with Gasteiger partial charge in [-0.3, -0.25) is 9.69 Å². The monoisotopic (exact) mass is 310 g/mol. The molecule has 2 aromatic rings. The molecule has 0 aromatic heterocycles. The van der Waals surface area contributed by atoms with E-state index in [1.807, 2.05) is 48.5 Å². The minimum atomic E-state index is -0.732. The van der Waals surface area contributed by atoms with Crippen molar-refractivity contribution in [3.05, 3.63) is 71.8 Å². The molecular weight excluding hydrogens is 288 g/mol. The Hall–Kier alpha value is -2.17. The Labute approximate surface area is 136 Å². The Morgan fingerprint density at radius 3 is 2.26 bits per heavy atom. The number of nitrogens with one attached hydrogen (secondary N) is 1. The summed E-state index contributed by atoms with van der Waals surface area (Å²) < 4.78 is 0. The van der Waals surface area contributed by atoms with Gasteiger partial charge >= 0.3 is 5.97 Å². The maximum Gasteiger partial charge on any atom is 0.320 e. The Kier molecular flexibility index (Phi) is 5.05. The molecule has 0 bridgehead atoms. The SMILES string of the molecule is O=C(O)C1CC(NCc2ccccc2)CN1Cc1ccccc1. The highest BCUT2D eigenvalue weighted by Gasteiger charge is 2.36. The second kappa shape index (κ2) is 7.40. The van der Waals surface area contributed by atoms with Crippen molar-refractivity contribution in [2.75, 3.05) is 6.54 Å². The van der Waals surface area contributed by atoms with Crippen molar-refractivity contribution in [1.82, 2.24) is 10.2 Å². The third-order valence-corrected chi connectivity index (χ3v) is 4.35. The van der Waals surface area contributed by atoms with Crippen molar-refractivity contribution in [2.45, 2.75) is 31.6 Å². The number of hydrogen-bond donors (Lipinski definition) is 2. The molecular formula is C19H22N2O2. The normalized spacial score (nSPS) is 21.4. The van der Waals surface area contributed by atoms with Crippen LogP contribution in [0.5, 0.6) is 0 Å². The fraction of sp³-hybridized carbons (Fsp3) is 0.316. The van der Waals surface area contributed by atoms with Crippen LogP contribution >= 0.6 is 0 Å². The lowest BCUT2D eigenvalue weighted by molar-refractivity contribution is -0.142. The van der Waals surface area contributed by atoms with E-state index >= 15 is 0 Å². The summed E-state index contributed by atoms with van der Waals surface area (Å²) >= 11 is 0. The highest BCUT2D eigenvalue weighted by molar-refractivity contribution is 5.74. The van der Waals surface area contributed by atoms with E-state index in [-0.39, 0.29) is 6.04 Å². The highest BCUT2D eigenvalue weighted by Crippen LogP contribution is 2.21. The molecule has 3 rings (SSSR count). The summed E-state index contributed by atoms with van der Waals surface area (Å²) in [6, 6.07) is 20.1. The molecule has 0 saturated carbocycles. The summed E-state index contributed by atoms with van der Waals surface area (Å²) in [6.45, 7) is 2.22. The molecule has 0 amide bonds. The number of benzene rings is 2. The van der Waals surface area contributed by atoms with Gasteiger partial charge < -0.3 is 10.4 Å². The van der Waals surface area contributed by atoms with E-state index < -0.39 is 12.0 Å². The number of carbonyl (C=O) groups is 1. The first-order valence-electron chi connectivity index (χ1n) is 8.00. The molecule has 1 saturated heterocycles. The number of aliphatic carboxylic acids is 1. The van der Waals surface area contributed by atoms with Gasteiger partial charge in [0.15, 0.2) is 0 Å². The van der Waals surface area contributed by atoms with Crippen LogP contribution in [0.2, 0.25) is 0 Å². The lowest BCUT2D eigenvalue weighted by atomic mass is 10.1. The van der Waals surface area contributed by atoms with Gasteiger partial charge in [0, 0.05) is 25.7 Å². The fourth-order valence-corrected chi connectivity index (χ4v) is 3.16. The van der Waals surface area contributed by atoms with Crippen LogP contribution in [0, 0.1) is 0 Å². The molecule has 2 unspecified atom stereocenters. The Morgan fingerprint density at radius 2 is 1.65 bits per heavy atom. The van der Waals surface area contributed by atoms with Crippen molar-refractivity contribution in [1.29, 1.82) is 0 Å². The third-order valence-electron chi connectivity index (χ3n) is 4.35. The number of carboxylic acids is 1. The zero-order valence-electron chi connectivity index (χ0n) is 13.1. The first-order chi connectivity index (χ1) is 11.2. The van der Waals surface area contributed by atoms with Crippen LogP contribution in [0.1, 0.15) is 17.5 Å². The molecule has 1 aliphatic heterocycles. The van der Waals surface area contributed by atoms with Crippen molar-refractivity contribution < 1.29 is 9.90 Å². The summed E-state index contributed by atoms with van der Waals surface area (Å²) in [7, 11) is 0. The molecule has 0 aliphatic carbocycles. The Morgan fingerprint density at radius 1 is 1.04 bits per heavy atom. The van der Waals surface area contributed by atoms with Gasteiger partial charge in [0.2, 0.25) is 0 Å². The van der Waals surface area contributed by atoms with Gasteiger partial charge in [-0.25, -0.2) is 0 Å². The maximum absolute atomic E-state index is 11.6. The van der Waals surface area contributed by atoms with Crippen molar-refractivity contribution >= 4 is 5.97 Å². The molecule has 1 aliphatic rings.